The van der Waals surface area contributed by atoms with E-state index in [1.54, 1.807) is 24.3 Å². The van der Waals surface area contributed by atoms with Crippen LogP contribution in [0.1, 0.15) is 11.1 Å². The van der Waals surface area contributed by atoms with Crippen molar-refractivity contribution in [1.29, 1.82) is 0 Å². The van der Waals surface area contributed by atoms with E-state index in [0.717, 1.165) is 17.0 Å². The highest BCUT2D eigenvalue weighted by Gasteiger charge is 2.22. The third kappa shape index (κ3) is 4.55. The summed E-state index contributed by atoms with van der Waals surface area (Å²) >= 11 is 4.87. The van der Waals surface area contributed by atoms with Crippen LogP contribution in [-0.2, 0) is 26.1 Å². The van der Waals surface area contributed by atoms with Crippen LogP contribution in [0, 0.1) is 0 Å². The molecular weight excluding hydrogens is 300 g/mol. The highest BCUT2D eigenvalue weighted by Crippen LogP contribution is 2.10. The van der Waals surface area contributed by atoms with Gasteiger partial charge in [-0.1, -0.05) is 30.4 Å². The van der Waals surface area contributed by atoms with E-state index in [0.29, 0.717) is 5.56 Å². The highest BCUT2D eigenvalue weighted by molar-refractivity contribution is 7.89. The lowest BCUT2D eigenvalue weighted by Gasteiger charge is -2.16. The topological polar surface area (TPSA) is 89.7 Å². The van der Waals surface area contributed by atoms with E-state index < -0.39 is 21.7 Å². The number of hydrogen-bond donors (Lipinski definition) is 1. The van der Waals surface area contributed by atoms with Crippen LogP contribution in [0.4, 0.5) is 0 Å². The molecule has 1 rings (SSSR count). The number of esters is 1. The van der Waals surface area contributed by atoms with E-state index in [2.05, 4.69) is 4.74 Å². The lowest BCUT2D eigenvalue weighted by atomic mass is 10.1. The minimum atomic E-state index is -3.71. The normalized spacial score (nSPS) is 11.3. The number of carbonyl (C=O) groups is 1. The Balaban J connectivity index is 2.85. The van der Waals surface area contributed by atoms with Gasteiger partial charge < -0.3 is 10.5 Å². The summed E-state index contributed by atoms with van der Waals surface area (Å²) in [4.78, 5) is 11.3. The predicted molar refractivity (Wildman–Crippen MR) is 79.6 cm³/mol. The molecule has 0 fully saturated rings. The molecule has 8 heteroatoms. The molecule has 110 valence electrons. The summed E-state index contributed by atoms with van der Waals surface area (Å²) in [6, 6.07) is 6.96. The Morgan fingerprint density at radius 1 is 1.45 bits per heavy atom. The van der Waals surface area contributed by atoms with E-state index in [1.165, 1.54) is 7.05 Å². The van der Waals surface area contributed by atoms with Crippen molar-refractivity contribution in [1.82, 2.24) is 4.31 Å². The molecule has 0 radical (unpaired) electrons. The zero-order valence-electron chi connectivity index (χ0n) is 11.2. The van der Waals surface area contributed by atoms with E-state index in [4.69, 9.17) is 18.0 Å². The highest BCUT2D eigenvalue weighted by atomic mass is 32.2. The predicted octanol–water partition coefficient (Wildman–Crippen LogP) is 0.255. The van der Waals surface area contributed by atoms with Gasteiger partial charge in [-0.15, -0.1) is 0 Å². The number of sulfonamides is 1. The third-order valence-corrected chi connectivity index (χ3v) is 4.53. The van der Waals surface area contributed by atoms with Gasteiger partial charge in [0.1, 0.15) is 4.99 Å². The Bertz CT molecular complexity index is 614. The number of hydrogen-bond acceptors (Lipinski definition) is 5. The molecule has 20 heavy (non-hydrogen) atoms. The first kappa shape index (κ1) is 16.5. The molecule has 0 unspecified atom stereocenters. The molecule has 0 saturated carbocycles. The standard InChI is InChI=1S/C12H16N2O4S2/c1-14(20(16,17)8-11(15)18-2)7-9-4-3-5-10(6-9)12(13)19/h3-6H,7-8H2,1-2H3,(H2,13,19). The van der Waals surface area contributed by atoms with Crippen molar-refractivity contribution in [3.05, 3.63) is 35.4 Å². The van der Waals surface area contributed by atoms with Crippen LogP contribution in [0.25, 0.3) is 0 Å². The van der Waals surface area contributed by atoms with Crippen molar-refractivity contribution in [2.75, 3.05) is 19.9 Å². The first-order chi connectivity index (χ1) is 9.26. The van der Waals surface area contributed by atoms with Crippen LogP contribution >= 0.6 is 12.2 Å². The van der Waals surface area contributed by atoms with E-state index in [9.17, 15) is 13.2 Å². The summed E-state index contributed by atoms with van der Waals surface area (Å²) in [7, 11) is -1.17. The number of ether oxygens (including phenoxy) is 1. The fourth-order valence-electron chi connectivity index (χ4n) is 1.50. The average Bonchev–Trinajstić information content (AvgIpc) is 2.38. The number of nitrogens with two attached hydrogens (primary N) is 1. The molecule has 0 heterocycles. The Morgan fingerprint density at radius 3 is 2.65 bits per heavy atom. The number of benzene rings is 1. The largest absolute Gasteiger partial charge is 0.468 e. The van der Waals surface area contributed by atoms with Crippen molar-refractivity contribution < 1.29 is 17.9 Å². The van der Waals surface area contributed by atoms with Gasteiger partial charge in [-0.05, 0) is 11.6 Å². The Labute approximate surface area is 123 Å². The van der Waals surface area contributed by atoms with E-state index in [1.807, 2.05) is 0 Å². The number of nitrogens with zero attached hydrogens (tertiary/aromatic N) is 1. The summed E-state index contributed by atoms with van der Waals surface area (Å²) in [5.41, 5.74) is 6.91. The molecule has 0 aromatic heterocycles. The average molecular weight is 316 g/mol. The number of thiocarbonyl (C=S) groups is 1. The SMILES string of the molecule is COC(=O)CS(=O)(=O)N(C)Cc1cccc(C(N)=S)c1. The maximum absolute atomic E-state index is 11.9. The summed E-state index contributed by atoms with van der Waals surface area (Å²) in [6.45, 7) is 0.121. The van der Waals surface area contributed by atoms with Gasteiger partial charge in [-0.25, -0.2) is 12.7 Å². The molecule has 1 aromatic rings. The fraction of sp³-hybridized carbons (Fsp3) is 0.333. The van der Waals surface area contributed by atoms with Gasteiger partial charge in [0.25, 0.3) is 0 Å². The molecule has 0 bridgehead atoms. The van der Waals surface area contributed by atoms with Gasteiger partial charge in [-0.2, -0.15) is 0 Å². The molecule has 0 aliphatic rings. The molecule has 0 atom stereocenters. The lowest BCUT2D eigenvalue weighted by Crippen LogP contribution is -2.32. The van der Waals surface area contributed by atoms with Crippen LogP contribution < -0.4 is 5.73 Å². The summed E-state index contributed by atoms with van der Waals surface area (Å²) in [5.74, 6) is -1.48. The maximum Gasteiger partial charge on any atom is 0.322 e. The summed E-state index contributed by atoms with van der Waals surface area (Å²) < 4.78 is 29.2. The number of rotatable bonds is 6. The molecule has 0 saturated heterocycles. The first-order valence-corrected chi connectivity index (χ1v) is 7.67. The van der Waals surface area contributed by atoms with Crippen LogP contribution in [-0.4, -0.2) is 43.6 Å². The molecule has 2 N–H and O–H groups in total. The Hall–Kier alpha value is -1.51. The molecular formula is C12H16N2O4S2. The monoisotopic (exact) mass is 316 g/mol. The second-order valence-corrected chi connectivity index (χ2v) is 6.67. The van der Waals surface area contributed by atoms with Crippen LogP contribution in [0.2, 0.25) is 0 Å². The van der Waals surface area contributed by atoms with E-state index >= 15 is 0 Å². The van der Waals surface area contributed by atoms with Crippen LogP contribution in [0.3, 0.4) is 0 Å². The van der Waals surface area contributed by atoms with Crippen molar-refractivity contribution in [3.8, 4) is 0 Å². The molecule has 0 aliphatic carbocycles. The Morgan fingerprint density at radius 2 is 2.10 bits per heavy atom. The lowest BCUT2D eigenvalue weighted by molar-refractivity contribution is -0.137. The zero-order valence-corrected chi connectivity index (χ0v) is 12.8. The van der Waals surface area contributed by atoms with Crippen molar-refractivity contribution in [2.24, 2.45) is 5.73 Å². The minimum Gasteiger partial charge on any atom is -0.468 e. The third-order valence-electron chi connectivity index (χ3n) is 2.62. The second-order valence-electron chi connectivity index (χ2n) is 4.15. The summed E-state index contributed by atoms with van der Waals surface area (Å²) in [6.07, 6.45) is 0. The number of methoxy groups -OCH3 is 1. The second kappa shape index (κ2) is 6.78. The van der Waals surface area contributed by atoms with Crippen LogP contribution in [0.5, 0.6) is 0 Å². The summed E-state index contributed by atoms with van der Waals surface area (Å²) in [5, 5.41) is 0. The quantitative estimate of drug-likeness (QED) is 0.598. The first-order valence-electron chi connectivity index (χ1n) is 5.66. The minimum absolute atomic E-state index is 0.121. The molecule has 1 aromatic carbocycles. The van der Waals surface area contributed by atoms with Gasteiger partial charge in [-0.3, -0.25) is 4.79 Å². The maximum atomic E-state index is 11.9. The fourth-order valence-corrected chi connectivity index (χ4v) is 2.61. The van der Waals surface area contributed by atoms with Gasteiger partial charge in [0, 0.05) is 19.2 Å². The van der Waals surface area contributed by atoms with Gasteiger partial charge in [0.2, 0.25) is 10.0 Å². The molecule has 0 spiro atoms. The van der Waals surface area contributed by atoms with Gasteiger partial charge in [0.05, 0.1) is 7.11 Å². The number of carbonyl (C=O) groups excluding carboxylic acids is 1. The smallest absolute Gasteiger partial charge is 0.322 e. The van der Waals surface area contributed by atoms with Crippen molar-refractivity contribution in [3.63, 3.8) is 0 Å². The van der Waals surface area contributed by atoms with Crippen molar-refractivity contribution in [2.45, 2.75) is 6.54 Å². The van der Waals surface area contributed by atoms with Gasteiger partial charge >= 0.3 is 5.97 Å². The Kier molecular flexibility index (Phi) is 5.61. The molecule has 6 nitrogen and oxygen atoms in total. The molecule has 0 amide bonds. The van der Waals surface area contributed by atoms with Crippen molar-refractivity contribution >= 4 is 33.2 Å². The van der Waals surface area contributed by atoms with Gasteiger partial charge in [0.15, 0.2) is 5.75 Å². The van der Waals surface area contributed by atoms with Crippen LogP contribution in [0.15, 0.2) is 24.3 Å². The molecule has 0 aliphatic heterocycles. The zero-order chi connectivity index (χ0) is 15.3. The van der Waals surface area contributed by atoms with E-state index in [-0.39, 0.29) is 11.5 Å².